The molecule has 1 saturated carbocycles. The lowest BCUT2D eigenvalue weighted by molar-refractivity contribution is 0.129. The Kier molecular flexibility index (Phi) is 6.03. The van der Waals surface area contributed by atoms with Gasteiger partial charge < -0.3 is 4.57 Å². The van der Waals surface area contributed by atoms with Crippen molar-refractivity contribution in [2.24, 2.45) is 5.92 Å². The zero-order valence-electron chi connectivity index (χ0n) is 16.2. The van der Waals surface area contributed by atoms with Gasteiger partial charge in [-0.25, -0.2) is 0 Å². The molecule has 1 saturated heterocycles. The molecule has 1 unspecified atom stereocenters. The Labute approximate surface area is 162 Å². The third-order valence-electron chi connectivity index (χ3n) is 6.07. The van der Waals surface area contributed by atoms with Crippen molar-refractivity contribution < 1.29 is 0 Å². The molecular formula is C23H31N3O. The Morgan fingerprint density at radius 1 is 1.07 bits per heavy atom. The first-order valence-corrected chi connectivity index (χ1v) is 10.6. The van der Waals surface area contributed by atoms with Gasteiger partial charge >= 0.3 is 0 Å². The largest absolute Gasteiger partial charge is 0.315 e. The minimum atomic E-state index is 0.224. The second kappa shape index (κ2) is 8.83. The summed E-state index contributed by atoms with van der Waals surface area (Å²) in [5.74, 6) is 0.729. The van der Waals surface area contributed by atoms with Crippen molar-refractivity contribution >= 4 is 0 Å². The van der Waals surface area contributed by atoms with E-state index in [2.05, 4.69) is 28.1 Å². The summed E-state index contributed by atoms with van der Waals surface area (Å²) in [5.41, 5.74) is 2.38. The molecule has 2 aliphatic rings. The SMILES string of the molecule is O=c1c(CN2CCCCC2CCCc2ccccn2)cccn1CC1CC1. The molecule has 1 aliphatic carbocycles. The second-order valence-electron chi connectivity index (χ2n) is 8.27. The highest BCUT2D eigenvalue weighted by Crippen LogP contribution is 2.30. The van der Waals surface area contributed by atoms with Gasteiger partial charge in [0.25, 0.3) is 5.56 Å². The molecule has 4 nitrogen and oxygen atoms in total. The van der Waals surface area contributed by atoms with Gasteiger partial charge in [0.1, 0.15) is 0 Å². The lowest BCUT2D eigenvalue weighted by Crippen LogP contribution is -2.40. The highest BCUT2D eigenvalue weighted by atomic mass is 16.1. The zero-order valence-corrected chi connectivity index (χ0v) is 16.2. The molecule has 0 radical (unpaired) electrons. The zero-order chi connectivity index (χ0) is 18.5. The van der Waals surface area contributed by atoms with Crippen LogP contribution in [0.4, 0.5) is 0 Å². The topological polar surface area (TPSA) is 38.1 Å². The van der Waals surface area contributed by atoms with Gasteiger partial charge in [0.15, 0.2) is 0 Å². The molecule has 1 atom stereocenters. The van der Waals surface area contributed by atoms with Crippen molar-refractivity contribution in [2.45, 2.75) is 70.5 Å². The molecule has 4 heteroatoms. The number of hydrogen-bond acceptors (Lipinski definition) is 3. The standard InChI is InChI=1S/C23H31N3O/c27-23-20(7-6-16-26(23)17-19-12-13-19)18-25-15-4-2-10-22(25)11-5-9-21-8-1-3-14-24-21/h1,3,6-8,14,16,19,22H,2,4-5,9-13,15,17-18H2. The molecule has 2 fully saturated rings. The molecule has 0 spiro atoms. The summed E-state index contributed by atoms with van der Waals surface area (Å²) in [6.07, 6.45) is 13.6. The Hall–Kier alpha value is -1.94. The molecule has 2 aromatic heterocycles. The van der Waals surface area contributed by atoms with E-state index in [0.29, 0.717) is 6.04 Å². The maximum absolute atomic E-state index is 12.8. The Bertz CT molecular complexity index is 782. The molecule has 0 N–H and O–H groups in total. The van der Waals surface area contributed by atoms with Crippen LogP contribution in [0.5, 0.6) is 0 Å². The first-order valence-electron chi connectivity index (χ1n) is 10.6. The van der Waals surface area contributed by atoms with Gasteiger partial charge in [0, 0.05) is 42.8 Å². The average molecular weight is 366 g/mol. The molecule has 3 heterocycles. The molecule has 0 bridgehead atoms. The van der Waals surface area contributed by atoms with E-state index in [1.54, 1.807) is 0 Å². The fourth-order valence-corrected chi connectivity index (χ4v) is 4.31. The number of aryl methyl sites for hydroxylation is 1. The fourth-order valence-electron chi connectivity index (χ4n) is 4.31. The predicted octanol–water partition coefficient (Wildman–Crippen LogP) is 4.03. The lowest BCUT2D eigenvalue weighted by Gasteiger charge is -2.35. The van der Waals surface area contributed by atoms with Crippen molar-refractivity contribution in [2.75, 3.05) is 6.54 Å². The highest BCUT2D eigenvalue weighted by Gasteiger charge is 2.25. The maximum atomic E-state index is 12.8. The van der Waals surface area contributed by atoms with Crippen LogP contribution in [0, 0.1) is 5.92 Å². The summed E-state index contributed by atoms with van der Waals surface area (Å²) < 4.78 is 1.94. The molecule has 2 aromatic rings. The van der Waals surface area contributed by atoms with Crippen molar-refractivity contribution in [1.82, 2.24) is 14.5 Å². The summed E-state index contributed by atoms with van der Waals surface area (Å²) in [6, 6.07) is 10.8. The van der Waals surface area contributed by atoms with Gasteiger partial charge in [-0.05, 0) is 75.6 Å². The Morgan fingerprint density at radius 2 is 2.00 bits per heavy atom. The first-order chi connectivity index (χ1) is 13.3. The lowest BCUT2D eigenvalue weighted by atomic mass is 9.96. The van der Waals surface area contributed by atoms with Gasteiger partial charge in [-0.1, -0.05) is 18.6 Å². The van der Waals surface area contributed by atoms with Crippen LogP contribution in [0.1, 0.15) is 56.2 Å². The van der Waals surface area contributed by atoms with E-state index in [4.69, 9.17) is 0 Å². The Morgan fingerprint density at radius 3 is 2.81 bits per heavy atom. The Balaban J connectivity index is 1.36. The van der Waals surface area contributed by atoms with Crippen molar-refractivity contribution in [3.63, 3.8) is 0 Å². The summed E-state index contributed by atoms with van der Waals surface area (Å²) >= 11 is 0. The molecular weight excluding hydrogens is 334 g/mol. The van der Waals surface area contributed by atoms with Crippen molar-refractivity contribution in [1.29, 1.82) is 0 Å². The monoisotopic (exact) mass is 365 g/mol. The van der Waals surface area contributed by atoms with Crippen molar-refractivity contribution in [3.05, 3.63) is 64.3 Å². The summed E-state index contributed by atoms with van der Waals surface area (Å²) in [6.45, 7) is 2.82. The number of rotatable bonds is 8. The van der Waals surface area contributed by atoms with Crippen LogP contribution in [0.25, 0.3) is 0 Å². The molecule has 144 valence electrons. The highest BCUT2D eigenvalue weighted by molar-refractivity contribution is 5.11. The van der Waals surface area contributed by atoms with Crippen LogP contribution >= 0.6 is 0 Å². The minimum Gasteiger partial charge on any atom is -0.315 e. The molecule has 0 aromatic carbocycles. The molecule has 1 aliphatic heterocycles. The average Bonchev–Trinajstić information content (AvgIpc) is 3.51. The van der Waals surface area contributed by atoms with E-state index in [1.165, 1.54) is 50.6 Å². The van der Waals surface area contributed by atoms with Crippen LogP contribution in [-0.2, 0) is 19.5 Å². The molecule has 4 rings (SSSR count). The predicted molar refractivity (Wildman–Crippen MR) is 109 cm³/mol. The second-order valence-corrected chi connectivity index (χ2v) is 8.27. The molecule has 27 heavy (non-hydrogen) atoms. The van der Waals surface area contributed by atoms with E-state index in [9.17, 15) is 4.79 Å². The van der Waals surface area contributed by atoms with Crippen LogP contribution < -0.4 is 5.56 Å². The smallest absolute Gasteiger partial charge is 0.255 e. The third kappa shape index (κ3) is 5.07. The number of nitrogens with zero attached hydrogens (tertiary/aromatic N) is 3. The first kappa shape index (κ1) is 18.4. The van der Waals surface area contributed by atoms with Crippen molar-refractivity contribution in [3.8, 4) is 0 Å². The summed E-state index contributed by atoms with van der Waals surface area (Å²) in [4.78, 5) is 19.8. The molecule has 0 amide bonds. The van der Waals surface area contributed by atoms with E-state index < -0.39 is 0 Å². The van der Waals surface area contributed by atoms with E-state index in [1.807, 2.05) is 29.1 Å². The van der Waals surface area contributed by atoms with Gasteiger partial charge in [-0.15, -0.1) is 0 Å². The van der Waals surface area contributed by atoms with Gasteiger partial charge in [-0.3, -0.25) is 14.7 Å². The van der Waals surface area contributed by atoms with Gasteiger partial charge in [-0.2, -0.15) is 0 Å². The van der Waals surface area contributed by atoms with Crippen LogP contribution in [0.15, 0.2) is 47.5 Å². The van der Waals surface area contributed by atoms with Gasteiger partial charge in [0.2, 0.25) is 0 Å². The number of likely N-dealkylation sites (tertiary alicyclic amines) is 1. The quantitative estimate of drug-likeness (QED) is 0.709. The number of aromatic nitrogens is 2. The summed E-state index contributed by atoms with van der Waals surface area (Å²) in [5, 5.41) is 0. The summed E-state index contributed by atoms with van der Waals surface area (Å²) in [7, 11) is 0. The number of piperidine rings is 1. The van der Waals surface area contributed by atoms with Crippen LogP contribution in [0.3, 0.4) is 0 Å². The van der Waals surface area contributed by atoms with Crippen LogP contribution in [0.2, 0.25) is 0 Å². The van der Waals surface area contributed by atoms with E-state index in [0.717, 1.165) is 37.5 Å². The third-order valence-corrected chi connectivity index (χ3v) is 6.07. The van der Waals surface area contributed by atoms with Gasteiger partial charge in [0.05, 0.1) is 0 Å². The van der Waals surface area contributed by atoms with E-state index in [-0.39, 0.29) is 5.56 Å². The fraction of sp³-hybridized carbons (Fsp3) is 0.565. The van der Waals surface area contributed by atoms with E-state index >= 15 is 0 Å². The van der Waals surface area contributed by atoms with Crippen LogP contribution in [-0.4, -0.2) is 27.0 Å². The maximum Gasteiger partial charge on any atom is 0.255 e. The normalized spacial score (nSPS) is 20.7. The minimum absolute atomic E-state index is 0.224. The number of pyridine rings is 2. The number of hydrogen-bond donors (Lipinski definition) is 0.